The van der Waals surface area contributed by atoms with Gasteiger partial charge in [-0.15, -0.1) is 0 Å². The molecule has 1 aliphatic heterocycles. The van der Waals surface area contributed by atoms with Gasteiger partial charge in [0, 0.05) is 26.2 Å². The minimum Gasteiger partial charge on any atom is -0.380 e. The molecule has 2 fully saturated rings. The monoisotopic (exact) mass is 194 g/mol. The number of ether oxygens (including phenoxy) is 1. The third-order valence-electron chi connectivity index (χ3n) is 3.62. The Bertz CT molecular complexity index is 236. The van der Waals surface area contributed by atoms with Crippen LogP contribution in [0.1, 0.15) is 25.7 Å². The molecule has 0 N–H and O–H groups in total. The van der Waals surface area contributed by atoms with Crippen LogP contribution in [0.5, 0.6) is 0 Å². The van der Waals surface area contributed by atoms with Gasteiger partial charge in [-0.3, -0.25) is 4.90 Å². The molecule has 0 spiro atoms. The number of nitrogens with zero attached hydrogens (tertiary/aromatic N) is 2. The molecule has 3 atom stereocenters. The molecule has 1 saturated heterocycles. The molecule has 1 heterocycles. The van der Waals surface area contributed by atoms with Crippen LogP contribution in [0.25, 0.3) is 0 Å². The third-order valence-corrected chi connectivity index (χ3v) is 3.62. The fraction of sp³-hybridized carbons (Fsp3) is 0.909. The molecule has 3 unspecified atom stereocenters. The second-order valence-corrected chi connectivity index (χ2v) is 4.38. The largest absolute Gasteiger partial charge is 0.380 e. The molecule has 3 heteroatoms. The molecule has 2 rings (SSSR count). The van der Waals surface area contributed by atoms with E-state index in [1.807, 2.05) is 0 Å². The van der Waals surface area contributed by atoms with Gasteiger partial charge in [0.1, 0.15) is 0 Å². The summed E-state index contributed by atoms with van der Waals surface area (Å²) < 4.78 is 5.35. The van der Waals surface area contributed by atoms with Crippen molar-refractivity contribution in [2.24, 2.45) is 5.92 Å². The molecule has 0 aromatic heterocycles. The highest BCUT2D eigenvalue weighted by Gasteiger charge is 2.35. The summed E-state index contributed by atoms with van der Waals surface area (Å²) in [5.74, 6) is 0.269. The van der Waals surface area contributed by atoms with Crippen LogP contribution >= 0.6 is 0 Å². The smallest absolute Gasteiger partial charge is 0.0710 e. The van der Waals surface area contributed by atoms with E-state index in [4.69, 9.17) is 10.00 Å². The van der Waals surface area contributed by atoms with Crippen molar-refractivity contribution in [3.8, 4) is 6.07 Å². The first-order valence-electron chi connectivity index (χ1n) is 5.51. The molecular weight excluding hydrogens is 176 g/mol. The Morgan fingerprint density at radius 2 is 2.21 bits per heavy atom. The first-order chi connectivity index (χ1) is 6.85. The lowest BCUT2D eigenvalue weighted by atomic mass is 10.0. The summed E-state index contributed by atoms with van der Waals surface area (Å²) in [6.45, 7) is 2.14. The van der Waals surface area contributed by atoms with Crippen molar-refractivity contribution in [3.63, 3.8) is 0 Å². The van der Waals surface area contributed by atoms with Crippen molar-refractivity contribution in [2.75, 3.05) is 20.2 Å². The molecule has 0 amide bonds. The Hall–Kier alpha value is -0.590. The average Bonchev–Trinajstić information content (AvgIpc) is 2.85. The van der Waals surface area contributed by atoms with Gasteiger partial charge in [-0.1, -0.05) is 6.42 Å². The first kappa shape index (κ1) is 9.95. The zero-order chi connectivity index (χ0) is 9.97. The van der Waals surface area contributed by atoms with E-state index in [0.717, 1.165) is 25.9 Å². The van der Waals surface area contributed by atoms with Crippen LogP contribution in [-0.2, 0) is 4.74 Å². The van der Waals surface area contributed by atoms with Crippen LogP contribution in [-0.4, -0.2) is 37.2 Å². The Labute approximate surface area is 85.6 Å². The fourth-order valence-electron chi connectivity index (χ4n) is 2.78. The fourth-order valence-corrected chi connectivity index (χ4v) is 2.78. The summed E-state index contributed by atoms with van der Waals surface area (Å²) in [5.41, 5.74) is 0. The molecule has 0 aromatic rings. The van der Waals surface area contributed by atoms with Gasteiger partial charge in [0.05, 0.1) is 18.1 Å². The number of hydrogen-bond donors (Lipinski definition) is 0. The van der Waals surface area contributed by atoms with E-state index < -0.39 is 0 Å². The predicted octanol–water partition coefficient (Wildman–Crippen LogP) is 1.40. The summed E-state index contributed by atoms with van der Waals surface area (Å²) in [6.07, 6.45) is 5.04. The maximum Gasteiger partial charge on any atom is 0.0710 e. The van der Waals surface area contributed by atoms with Gasteiger partial charge < -0.3 is 4.74 Å². The van der Waals surface area contributed by atoms with Gasteiger partial charge in [0.15, 0.2) is 0 Å². The number of methoxy groups -OCH3 is 1. The predicted molar refractivity (Wildman–Crippen MR) is 53.7 cm³/mol. The van der Waals surface area contributed by atoms with E-state index in [1.165, 1.54) is 12.8 Å². The lowest BCUT2D eigenvalue weighted by Gasteiger charge is -2.25. The molecule has 0 radical (unpaired) electrons. The Balaban J connectivity index is 1.93. The SMILES string of the molecule is COC1CCN(C2CCCC2C#N)C1. The van der Waals surface area contributed by atoms with Crippen molar-refractivity contribution in [1.82, 2.24) is 4.90 Å². The number of hydrogen-bond acceptors (Lipinski definition) is 3. The van der Waals surface area contributed by atoms with E-state index in [1.54, 1.807) is 7.11 Å². The highest BCUT2D eigenvalue weighted by Crippen LogP contribution is 2.31. The average molecular weight is 194 g/mol. The quantitative estimate of drug-likeness (QED) is 0.666. The van der Waals surface area contributed by atoms with Crippen molar-refractivity contribution in [1.29, 1.82) is 5.26 Å². The van der Waals surface area contributed by atoms with Gasteiger partial charge in [-0.25, -0.2) is 0 Å². The van der Waals surface area contributed by atoms with E-state index in [0.29, 0.717) is 12.1 Å². The van der Waals surface area contributed by atoms with Gasteiger partial charge in [0.2, 0.25) is 0 Å². The number of likely N-dealkylation sites (tertiary alicyclic amines) is 1. The highest BCUT2D eigenvalue weighted by atomic mass is 16.5. The molecule has 78 valence electrons. The normalized spacial score (nSPS) is 38.7. The van der Waals surface area contributed by atoms with Crippen LogP contribution in [0.15, 0.2) is 0 Å². The molecule has 2 aliphatic rings. The maximum atomic E-state index is 9.01. The third kappa shape index (κ3) is 1.77. The standard InChI is InChI=1S/C11H18N2O/c1-14-10-5-6-13(8-10)11-4-2-3-9(11)7-12/h9-11H,2-6,8H2,1H3. The first-order valence-corrected chi connectivity index (χ1v) is 5.51. The second-order valence-electron chi connectivity index (χ2n) is 4.38. The molecule has 0 aromatic carbocycles. The Morgan fingerprint density at radius 1 is 1.36 bits per heavy atom. The maximum absolute atomic E-state index is 9.01. The van der Waals surface area contributed by atoms with E-state index >= 15 is 0 Å². The lowest BCUT2D eigenvalue weighted by Crippen LogP contribution is -2.36. The number of nitriles is 1. The highest BCUT2D eigenvalue weighted by molar-refractivity contribution is 4.99. The zero-order valence-electron chi connectivity index (χ0n) is 8.78. The van der Waals surface area contributed by atoms with Crippen LogP contribution in [0, 0.1) is 17.2 Å². The van der Waals surface area contributed by atoms with Gasteiger partial charge in [0.25, 0.3) is 0 Å². The van der Waals surface area contributed by atoms with E-state index in [2.05, 4.69) is 11.0 Å². The molecule has 1 aliphatic carbocycles. The van der Waals surface area contributed by atoms with Gasteiger partial charge in [-0.2, -0.15) is 5.26 Å². The lowest BCUT2D eigenvalue weighted by molar-refractivity contribution is 0.0985. The Kier molecular flexibility index (Phi) is 3.05. The van der Waals surface area contributed by atoms with Crippen molar-refractivity contribution in [3.05, 3.63) is 0 Å². The van der Waals surface area contributed by atoms with Crippen LogP contribution in [0.3, 0.4) is 0 Å². The summed E-state index contributed by atoms with van der Waals surface area (Å²) in [4.78, 5) is 2.45. The van der Waals surface area contributed by atoms with Crippen LogP contribution in [0.4, 0.5) is 0 Å². The summed E-state index contributed by atoms with van der Waals surface area (Å²) in [7, 11) is 1.78. The van der Waals surface area contributed by atoms with Gasteiger partial charge in [-0.05, 0) is 19.3 Å². The topological polar surface area (TPSA) is 36.3 Å². The molecule has 0 bridgehead atoms. The van der Waals surface area contributed by atoms with Crippen molar-refractivity contribution < 1.29 is 4.74 Å². The van der Waals surface area contributed by atoms with Gasteiger partial charge >= 0.3 is 0 Å². The van der Waals surface area contributed by atoms with E-state index in [9.17, 15) is 0 Å². The number of rotatable bonds is 2. The van der Waals surface area contributed by atoms with Crippen LogP contribution in [0.2, 0.25) is 0 Å². The Morgan fingerprint density at radius 3 is 2.86 bits per heavy atom. The van der Waals surface area contributed by atoms with E-state index in [-0.39, 0.29) is 5.92 Å². The summed E-state index contributed by atoms with van der Waals surface area (Å²) >= 11 is 0. The minimum atomic E-state index is 0.269. The van der Waals surface area contributed by atoms with Crippen molar-refractivity contribution >= 4 is 0 Å². The van der Waals surface area contributed by atoms with Crippen molar-refractivity contribution in [2.45, 2.75) is 37.8 Å². The zero-order valence-corrected chi connectivity index (χ0v) is 8.78. The molecular formula is C11H18N2O. The second kappa shape index (κ2) is 4.29. The molecule has 3 nitrogen and oxygen atoms in total. The minimum absolute atomic E-state index is 0.269. The summed E-state index contributed by atoms with van der Waals surface area (Å²) in [6, 6.07) is 2.96. The summed E-state index contributed by atoms with van der Waals surface area (Å²) in [5, 5.41) is 9.01. The van der Waals surface area contributed by atoms with Crippen LogP contribution < -0.4 is 0 Å². The molecule has 1 saturated carbocycles. The molecule has 14 heavy (non-hydrogen) atoms.